The molecule has 0 unspecified atom stereocenters. The van der Waals surface area contributed by atoms with Gasteiger partial charge in [-0.05, 0) is 24.3 Å². The monoisotopic (exact) mass is 432 g/mol. The van der Waals surface area contributed by atoms with Crippen LogP contribution < -0.4 is 10.3 Å². The Hall–Kier alpha value is -2.78. The molecule has 0 spiro atoms. The van der Waals surface area contributed by atoms with Crippen LogP contribution in [0, 0.1) is 10.1 Å². The predicted molar refractivity (Wildman–Crippen MR) is 105 cm³/mol. The van der Waals surface area contributed by atoms with Gasteiger partial charge in [-0.2, -0.15) is 5.10 Å². The maximum atomic E-state index is 12.2. The zero-order valence-corrected chi connectivity index (χ0v) is 15.9. The fourth-order valence-electron chi connectivity index (χ4n) is 2.71. The van der Waals surface area contributed by atoms with E-state index in [4.69, 9.17) is 4.74 Å². The summed E-state index contributed by atoms with van der Waals surface area (Å²) in [5, 5.41) is 15.1. The van der Waals surface area contributed by atoms with Crippen LogP contribution in [0.4, 0.5) is 11.4 Å². The van der Waals surface area contributed by atoms with E-state index in [0.717, 1.165) is 10.2 Å². The molecule has 27 heavy (non-hydrogen) atoms. The molecule has 3 rings (SSSR count). The summed E-state index contributed by atoms with van der Waals surface area (Å²) in [6.45, 7) is 2.55. The first kappa shape index (κ1) is 19.0. The lowest BCUT2D eigenvalue weighted by Gasteiger charge is -2.29. The van der Waals surface area contributed by atoms with Crippen LogP contribution in [0.25, 0.3) is 0 Å². The van der Waals surface area contributed by atoms with Gasteiger partial charge < -0.3 is 9.64 Å². The molecule has 1 saturated heterocycles. The Balaban J connectivity index is 1.80. The minimum absolute atomic E-state index is 0.0354. The van der Waals surface area contributed by atoms with Crippen LogP contribution in [0.1, 0.15) is 15.9 Å². The molecular formula is C18H17BrN4O4. The molecule has 1 heterocycles. The SMILES string of the molecule is O=C(N/N=C\c1cc([N+](=O)[O-])ccc1N1CCOCC1)c1cccc(Br)c1. The Morgan fingerprint density at radius 1 is 1.26 bits per heavy atom. The highest BCUT2D eigenvalue weighted by Gasteiger charge is 2.17. The van der Waals surface area contributed by atoms with Crippen molar-refractivity contribution < 1.29 is 14.5 Å². The lowest BCUT2D eigenvalue weighted by Crippen LogP contribution is -2.36. The van der Waals surface area contributed by atoms with Gasteiger partial charge in [0.1, 0.15) is 0 Å². The summed E-state index contributed by atoms with van der Waals surface area (Å²) in [5.41, 5.74) is 4.23. The van der Waals surface area contributed by atoms with E-state index in [2.05, 4.69) is 31.4 Å². The van der Waals surface area contributed by atoms with Gasteiger partial charge in [-0.15, -0.1) is 0 Å². The second kappa shape index (κ2) is 8.74. The van der Waals surface area contributed by atoms with Crippen molar-refractivity contribution in [3.63, 3.8) is 0 Å². The zero-order valence-electron chi connectivity index (χ0n) is 14.3. The maximum absolute atomic E-state index is 12.2. The number of nitro groups is 1. The molecule has 0 radical (unpaired) electrons. The maximum Gasteiger partial charge on any atom is 0.271 e. The molecule has 1 amide bonds. The van der Waals surface area contributed by atoms with E-state index in [1.54, 1.807) is 24.3 Å². The molecule has 0 saturated carbocycles. The zero-order chi connectivity index (χ0) is 19.2. The summed E-state index contributed by atoms with van der Waals surface area (Å²) in [4.78, 5) is 24.9. The van der Waals surface area contributed by atoms with Crippen molar-refractivity contribution >= 4 is 39.4 Å². The topological polar surface area (TPSA) is 97.1 Å². The van der Waals surface area contributed by atoms with Crippen molar-refractivity contribution in [3.8, 4) is 0 Å². The summed E-state index contributed by atoms with van der Waals surface area (Å²) in [7, 11) is 0. The van der Waals surface area contributed by atoms with Crippen molar-refractivity contribution in [3.05, 3.63) is 68.2 Å². The highest BCUT2D eigenvalue weighted by molar-refractivity contribution is 9.10. The second-order valence-electron chi connectivity index (χ2n) is 5.81. The average molecular weight is 433 g/mol. The lowest BCUT2D eigenvalue weighted by atomic mass is 10.1. The lowest BCUT2D eigenvalue weighted by molar-refractivity contribution is -0.384. The number of halogens is 1. The van der Waals surface area contributed by atoms with Gasteiger partial charge in [0.15, 0.2) is 0 Å². The standard InChI is InChI=1S/C18H17BrN4O4/c19-15-3-1-2-13(10-15)18(24)21-20-12-14-11-16(23(25)26)4-5-17(14)22-6-8-27-9-7-22/h1-5,10-12H,6-9H2,(H,21,24)/b20-12-. The van der Waals surface area contributed by atoms with Crippen molar-refractivity contribution in [2.45, 2.75) is 0 Å². The highest BCUT2D eigenvalue weighted by atomic mass is 79.9. The number of carbonyl (C=O) groups is 1. The Morgan fingerprint density at radius 3 is 2.74 bits per heavy atom. The molecule has 1 aliphatic rings. The molecule has 8 nitrogen and oxygen atoms in total. The number of non-ortho nitro benzene ring substituents is 1. The van der Waals surface area contributed by atoms with E-state index in [-0.39, 0.29) is 11.6 Å². The van der Waals surface area contributed by atoms with Crippen LogP contribution in [0.15, 0.2) is 52.0 Å². The third-order valence-electron chi connectivity index (χ3n) is 4.03. The average Bonchev–Trinajstić information content (AvgIpc) is 2.68. The molecule has 1 fully saturated rings. The van der Waals surface area contributed by atoms with E-state index >= 15 is 0 Å². The number of nitro benzene ring substituents is 1. The number of rotatable bonds is 5. The number of amides is 1. The number of nitrogens with one attached hydrogen (secondary N) is 1. The molecule has 0 aliphatic carbocycles. The van der Waals surface area contributed by atoms with Gasteiger partial charge in [0, 0.05) is 46.5 Å². The van der Waals surface area contributed by atoms with Gasteiger partial charge in [0.2, 0.25) is 0 Å². The molecule has 0 bridgehead atoms. The summed E-state index contributed by atoms with van der Waals surface area (Å²) in [5.74, 6) is -0.370. The summed E-state index contributed by atoms with van der Waals surface area (Å²) < 4.78 is 6.13. The molecule has 1 aliphatic heterocycles. The highest BCUT2D eigenvalue weighted by Crippen LogP contribution is 2.25. The number of nitrogens with zero attached hydrogens (tertiary/aromatic N) is 3. The molecule has 2 aromatic carbocycles. The first-order chi connectivity index (χ1) is 13.0. The third-order valence-corrected chi connectivity index (χ3v) is 4.52. The number of carbonyl (C=O) groups excluding carboxylic acids is 1. The first-order valence-corrected chi connectivity index (χ1v) is 9.04. The van der Waals surface area contributed by atoms with Gasteiger partial charge in [-0.3, -0.25) is 14.9 Å². The number of ether oxygens (including phenoxy) is 1. The van der Waals surface area contributed by atoms with Crippen LogP contribution in [-0.2, 0) is 4.74 Å². The fraction of sp³-hybridized carbons (Fsp3) is 0.222. The Labute approximate surface area is 164 Å². The molecule has 9 heteroatoms. The van der Waals surface area contributed by atoms with E-state index in [0.29, 0.717) is 37.4 Å². The van der Waals surface area contributed by atoms with Crippen LogP contribution in [0.2, 0.25) is 0 Å². The van der Waals surface area contributed by atoms with Crippen molar-refractivity contribution in [2.75, 3.05) is 31.2 Å². The number of hydrogen-bond donors (Lipinski definition) is 1. The van der Waals surface area contributed by atoms with Gasteiger partial charge in [0.05, 0.1) is 24.4 Å². The van der Waals surface area contributed by atoms with Crippen LogP contribution in [0.5, 0.6) is 0 Å². The molecule has 140 valence electrons. The number of morpholine rings is 1. The van der Waals surface area contributed by atoms with E-state index < -0.39 is 4.92 Å². The van der Waals surface area contributed by atoms with Crippen molar-refractivity contribution in [2.24, 2.45) is 5.10 Å². The van der Waals surface area contributed by atoms with Crippen LogP contribution >= 0.6 is 15.9 Å². The Kier molecular flexibility index (Phi) is 6.15. The van der Waals surface area contributed by atoms with Gasteiger partial charge >= 0.3 is 0 Å². The first-order valence-electron chi connectivity index (χ1n) is 8.25. The second-order valence-corrected chi connectivity index (χ2v) is 6.72. The van der Waals surface area contributed by atoms with E-state index in [1.165, 1.54) is 18.3 Å². The number of hydrazone groups is 1. The van der Waals surface area contributed by atoms with Crippen LogP contribution in [0.3, 0.4) is 0 Å². The molecule has 2 aromatic rings. The molecular weight excluding hydrogens is 416 g/mol. The fourth-order valence-corrected chi connectivity index (χ4v) is 3.11. The van der Waals surface area contributed by atoms with Gasteiger partial charge in [0.25, 0.3) is 11.6 Å². The molecule has 0 atom stereocenters. The Bertz CT molecular complexity index is 881. The third kappa shape index (κ3) is 4.89. The Morgan fingerprint density at radius 2 is 2.04 bits per heavy atom. The normalized spacial score (nSPS) is 14.3. The van der Waals surface area contributed by atoms with E-state index in [1.807, 2.05) is 6.07 Å². The largest absolute Gasteiger partial charge is 0.378 e. The molecule has 1 N–H and O–H groups in total. The number of benzene rings is 2. The number of anilines is 1. The summed E-state index contributed by atoms with van der Waals surface area (Å²) in [6, 6.07) is 11.5. The van der Waals surface area contributed by atoms with Gasteiger partial charge in [-0.25, -0.2) is 5.43 Å². The van der Waals surface area contributed by atoms with Crippen molar-refractivity contribution in [1.29, 1.82) is 0 Å². The summed E-state index contributed by atoms with van der Waals surface area (Å²) in [6.07, 6.45) is 1.42. The predicted octanol–water partition coefficient (Wildman–Crippen LogP) is 2.96. The quantitative estimate of drug-likeness (QED) is 0.444. The van der Waals surface area contributed by atoms with Gasteiger partial charge in [-0.1, -0.05) is 22.0 Å². The summed E-state index contributed by atoms with van der Waals surface area (Å²) >= 11 is 3.31. The minimum Gasteiger partial charge on any atom is -0.378 e. The number of hydrogen-bond acceptors (Lipinski definition) is 6. The van der Waals surface area contributed by atoms with E-state index in [9.17, 15) is 14.9 Å². The molecule has 0 aromatic heterocycles. The van der Waals surface area contributed by atoms with Crippen molar-refractivity contribution in [1.82, 2.24) is 5.43 Å². The minimum atomic E-state index is -0.458. The van der Waals surface area contributed by atoms with Crippen LogP contribution in [-0.4, -0.2) is 43.3 Å². The smallest absolute Gasteiger partial charge is 0.271 e.